The minimum Gasteiger partial charge on any atom is -0.342 e. The molecular formula is C20H22F3N3O2. The van der Waals surface area contributed by atoms with Gasteiger partial charge in [-0.05, 0) is 43.2 Å². The number of alkyl halides is 3. The summed E-state index contributed by atoms with van der Waals surface area (Å²) in [4.78, 5) is 18.8. The number of aromatic nitrogens is 2. The molecule has 2 heterocycles. The first-order chi connectivity index (χ1) is 13.4. The van der Waals surface area contributed by atoms with Crippen LogP contribution < -0.4 is 0 Å². The Morgan fingerprint density at radius 1 is 1.25 bits per heavy atom. The van der Waals surface area contributed by atoms with Crippen LogP contribution in [0.15, 0.2) is 28.8 Å². The van der Waals surface area contributed by atoms with Crippen LogP contribution in [0, 0.1) is 5.92 Å². The van der Waals surface area contributed by atoms with E-state index in [-0.39, 0.29) is 18.2 Å². The molecule has 1 atom stereocenters. The summed E-state index contributed by atoms with van der Waals surface area (Å²) in [6.45, 7) is 1.20. The molecule has 2 fully saturated rings. The number of likely N-dealkylation sites (tertiary alicyclic amines) is 1. The molecule has 1 aliphatic heterocycles. The SMILES string of the molecule is O=C(Cc1cccc(C(F)(F)F)c1)N1CCCC(Cc2nc(C3CC3)no2)C1. The van der Waals surface area contributed by atoms with Gasteiger partial charge in [-0.3, -0.25) is 4.79 Å². The van der Waals surface area contributed by atoms with Gasteiger partial charge >= 0.3 is 6.18 Å². The first kappa shape index (κ1) is 19.0. The molecule has 2 aromatic rings. The molecule has 0 radical (unpaired) electrons. The number of amides is 1. The van der Waals surface area contributed by atoms with Crippen molar-refractivity contribution in [2.24, 2.45) is 5.92 Å². The fraction of sp³-hybridized carbons (Fsp3) is 0.550. The van der Waals surface area contributed by atoms with E-state index in [9.17, 15) is 18.0 Å². The lowest BCUT2D eigenvalue weighted by molar-refractivity contribution is -0.138. The third kappa shape index (κ3) is 4.54. The zero-order valence-electron chi connectivity index (χ0n) is 15.4. The minimum absolute atomic E-state index is 0.0248. The third-order valence-electron chi connectivity index (χ3n) is 5.37. The van der Waals surface area contributed by atoms with Crippen LogP contribution in [-0.2, 0) is 23.8 Å². The zero-order valence-corrected chi connectivity index (χ0v) is 15.4. The molecule has 0 spiro atoms. The highest BCUT2D eigenvalue weighted by atomic mass is 19.4. The van der Waals surface area contributed by atoms with E-state index < -0.39 is 11.7 Å². The van der Waals surface area contributed by atoms with E-state index in [0.29, 0.717) is 36.9 Å². The number of hydrogen-bond donors (Lipinski definition) is 0. The Morgan fingerprint density at radius 2 is 2.07 bits per heavy atom. The summed E-state index contributed by atoms with van der Waals surface area (Å²) >= 11 is 0. The van der Waals surface area contributed by atoms with Crippen LogP contribution >= 0.6 is 0 Å². The van der Waals surface area contributed by atoms with Crippen LogP contribution in [-0.4, -0.2) is 34.0 Å². The number of nitrogens with zero attached hydrogens (tertiary/aromatic N) is 3. The number of carbonyl (C=O) groups is 1. The molecule has 1 aromatic heterocycles. The molecule has 2 aliphatic rings. The molecule has 1 saturated carbocycles. The van der Waals surface area contributed by atoms with Gasteiger partial charge in [0.1, 0.15) is 0 Å². The zero-order chi connectivity index (χ0) is 19.7. The molecular weight excluding hydrogens is 371 g/mol. The summed E-state index contributed by atoms with van der Waals surface area (Å²) in [6, 6.07) is 4.98. The van der Waals surface area contributed by atoms with Gasteiger partial charge in [0.2, 0.25) is 11.8 Å². The maximum atomic E-state index is 12.9. The van der Waals surface area contributed by atoms with E-state index in [1.807, 2.05) is 0 Å². The molecule has 28 heavy (non-hydrogen) atoms. The Balaban J connectivity index is 1.35. The Bertz CT molecular complexity index is 845. The average Bonchev–Trinajstić information content (AvgIpc) is 3.41. The minimum atomic E-state index is -4.40. The van der Waals surface area contributed by atoms with Crippen molar-refractivity contribution in [2.45, 2.75) is 50.6 Å². The maximum absolute atomic E-state index is 12.9. The summed E-state index contributed by atoms with van der Waals surface area (Å²) in [7, 11) is 0. The van der Waals surface area contributed by atoms with Gasteiger partial charge in [-0.2, -0.15) is 18.2 Å². The normalized spacial score (nSPS) is 20.4. The topological polar surface area (TPSA) is 59.2 Å². The molecule has 1 saturated heterocycles. The highest BCUT2D eigenvalue weighted by Gasteiger charge is 2.32. The van der Waals surface area contributed by atoms with Crippen molar-refractivity contribution in [3.63, 3.8) is 0 Å². The summed E-state index contributed by atoms with van der Waals surface area (Å²) in [6.07, 6.45) is 0.256. The van der Waals surface area contributed by atoms with Crippen molar-refractivity contribution in [1.29, 1.82) is 0 Å². The average molecular weight is 393 g/mol. The van der Waals surface area contributed by atoms with E-state index >= 15 is 0 Å². The van der Waals surface area contributed by atoms with Crippen molar-refractivity contribution in [2.75, 3.05) is 13.1 Å². The molecule has 1 aliphatic carbocycles. The number of hydrogen-bond acceptors (Lipinski definition) is 4. The Hall–Kier alpha value is -2.38. The van der Waals surface area contributed by atoms with Gasteiger partial charge in [-0.1, -0.05) is 23.4 Å². The summed E-state index contributed by atoms with van der Waals surface area (Å²) in [5.41, 5.74) is -0.342. The number of halogens is 3. The molecule has 1 amide bonds. The maximum Gasteiger partial charge on any atom is 0.416 e. The molecule has 1 unspecified atom stereocenters. The van der Waals surface area contributed by atoms with Crippen LogP contribution in [0.25, 0.3) is 0 Å². The van der Waals surface area contributed by atoms with Crippen molar-refractivity contribution in [3.8, 4) is 0 Å². The molecule has 0 bridgehead atoms. The number of rotatable bonds is 5. The predicted octanol–water partition coefficient (Wildman–Crippen LogP) is 3.99. The molecule has 8 heteroatoms. The van der Waals surface area contributed by atoms with Crippen LogP contribution in [0.4, 0.5) is 13.2 Å². The number of carbonyl (C=O) groups excluding carboxylic acids is 1. The van der Waals surface area contributed by atoms with Crippen LogP contribution in [0.2, 0.25) is 0 Å². The summed E-state index contributed by atoms with van der Waals surface area (Å²) in [5, 5.41) is 4.02. The van der Waals surface area contributed by atoms with Crippen molar-refractivity contribution >= 4 is 5.91 Å². The molecule has 4 rings (SSSR count). The highest BCUT2D eigenvalue weighted by Crippen LogP contribution is 2.38. The predicted molar refractivity (Wildman–Crippen MR) is 94.4 cm³/mol. The standard InChI is InChI=1S/C20H22F3N3O2/c21-20(22,23)16-5-1-3-13(9-16)11-18(27)26-8-2-4-14(12-26)10-17-24-19(25-28-17)15-6-7-15/h1,3,5,9,14-15H,2,4,6-8,10-12H2. The van der Waals surface area contributed by atoms with E-state index in [4.69, 9.17) is 4.52 Å². The van der Waals surface area contributed by atoms with Gasteiger partial charge in [-0.25, -0.2) is 0 Å². The highest BCUT2D eigenvalue weighted by molar-refractivity contribution is 5.79. The largest absolute Gasteiger partial charge is 0.416 e. The Morgan fingerprint density at radius 3 is 2.82 bits per heavy atom. The summed E-state index contributed by atoms with van der Waals surface area (Å²) in [5.74, 6) is 1.91. The molecule has 1 aromatic carbocycles. The van der Waals surface area contributed by atoms with Gasteiger partial charge in [0.05, 0.1) is 12.0 Å². The Kier molecular flexibility index (Phi) is 5.12. The van der Waals surface area contributed by atoms with Gasteiger partial charge in [0, 0.05) is 25.4 Å². The first-order valence-electron chi connectivity index (χ1n) is 9.65. The Labute approximate surface area is 160 Å². The van der Waals surface area contributed by atoms with Gasteiger partial charge in [0.15, 0.2) is 5.82 Å². The second-order valence-corrected chi connectivity index (χ2v) is 7.75. The van der Waals surface area contributed by atoms with E-state index in [2.05, 4.69) is 10.1 Å². The summed E-state index contributed by atoms with van der Waals surface area (Å²) < 4.78 is 43.9. The number of piperidine rings is 1. The number of benzene rings is 1. The van der Waals surface area contributed by atoms with E-state index in [0.717, 1.165) is 43.6 Å². The van der Waals surface area contributed by atoms with Gasteiger partial charge < -0.3 is 9.42 Å². The molecule has 5 nitrogen and oxygen atoms in total. The second-order valence-electron chi connectivity index (χ2n) is 7.75. The quantitative estimate of drug-likeness (QED) is 0.771. The lowest BCUT2D eigenvalue weighted by Crippen LogP contribution is -2.41. The lowest BCUT2D eigenvalue weighted by Gasteiger charge is -2.32. The van der Waals surface area contributed by atoms with E-state index in [1.54, 1.807) is 11.0 Å². The first-order valence-corrected chi connectivity index (χ1v) is 9.65. The molecule has 0 N–H and O–H groups in total. The van der Waals surface area contributed by atoms with Gasteiger partial charge in [-0.15, -0.1) is 0 Å². The van der Waals surface area contributed by atoms with Crippen LogP contribution in [0.3, 0.4) is 0 Å². The van der Waals surface area contributed by atoms with Crippen LogP contribution in [0.1, 0.15) is 54.4 Å². The van der Waals surface area contributed by atoms with E-state index in [1.165, 1.54) is 6.07 Å². The molecule has 150 valence electrons. The fourth-order valence-electron chi connectivity index (χ4n) is 3.71. The monoisotopic (exact) mass is 393 g/mol. The lowest BCUT2D eigenvalue weighted by atomic mass is 9.94. The third-order valence-corrected chi connectivity index (χ3v) is 5.37. The van der Waals surface area contributed by atoms with Crippen molar-refractivity contribution in [3.05, 3.63) is 47.1 Å². The van der Waals surface area contributed by atoms with Crippen LogP contribution in [0.5, 0.6) is 0 Å². The van der Waals surface area contributed by atoms with Gasteiger partial charge in [0.25, 0.3) is 0 Å². The van der Waals surface area contributed by atoms with Crippen molar-refractivity contribution in [1.82, 2.24) is 15.0 Å². The second kappa shape index (κ2) is 7.56. The smallest absolute Gasteiger partial charge is 0.342 e. The fourth-order valence-corrected chi connectivity index (χ4v) is 3.71. The van der Waals surface area contributed by atoms with Crippen molar-refractivity contribution < 1.29 is 22.5 Å².